The van der Waals surface area contributed by atoms with Gasteiger partial charge in [-0.2, -0.15) is 0 Å². The molecule has 7 heteroatoms. The van der Waals surface area contributed by atoms with E-state index in [1.54, 1.807) is 19.2 Å². The lowest BCUT2D eigenvalue weighted by atomic mass is 10.1. The van der Waals surface area contributed by atoms with Crippen molar-refractivity contribution >= 4 is 34.3 Å². The lowest BCUT2D eigenvalue weighted by Crippen LogP contribution is -2.28. The molecule has 2 aromatic carbocycles. The summed E-state index contributed by atoms with van der Waals surface area (Å²) in [4.78, 5) is 40.4. The highest BCUT2D eigenvalue weighted by molar-refractivity contribution is 6.01. The molecule has 2 N–H and O–H groups in total. The molecule has 0 bridgehead atoms. The Morgan fingerprint density at radius 2 is 1.83 bits per heavy atom. The number of hydrogen-bond acceptors (Lipinski definition) is 4. The van der Waals surface area contributed by atoms with Crippen LogP contribution in [0.5, 0.6) is 5.75 Å². The van der Waals surface area contributed by atoms with Crippen LogP contribution < -0.4 is 10.1 Å². The fourth-order valence-corrected chi connectivity index (χ4v) is 3.48. The lowest BCUT2D eigenvalue weighted by Gasteiger charge is -2.14. The second-order valence-electron chi connectivity index (χ2n) is 7.02. The minimum absolute atomic E-state index is 0.133. The summed E-state index contributed by atoms with van der Waals surface area (Å²) >= 11 is 0. The predicted octanol–water partition coefficient (Wildman–Crippen LogP) is 3.01. The molecule has 29 heavy (non-hydrogen) atoms. The van der Waals surface area contributed by atoms with E-state index in [9.17, 15) is 14.4 Å². The Hall–Kier alpha value is -3.61. The summed E-state index contributed by atoms with van der Waals surface area (Å²) in [5.41, 5.74) is 3.34. The molecule has 1 fully saturated rings. The van der Waals surface area contributed by atoms with E-state index in [4.69, 9.17) is 4.74 Å². The number of rotatable bonds is 6. The minimum atomic E-state index is -0.136. The Morgan fingerprint density at radius 3 is 2.52 bits per heavy atom. The van der Waals surface area contributed by atoms with Gasteiger partial charge in [0.15, 0.2) is 0 Å². The van der Waals surface area contributed by atoms with Gasteiger partial charge in [-0.15, -0.1) is 0 Å². The summed E-state index contributed by atoms with van der Waals surface area (Å²) in [5.74, 6) is 0.334. The van der Waals surface area contributed by atoms with E-state index in [2.05, 4.69) is 10.3 Å². The molecule has 1 aromatic heterocycles. The minimum Gasteiger partial charge on any atom is -0.497 e. The highest BCUT2D eigenvalue weighted by Crippen LogP contribution is 2.24. The van der Waals surface area contributed by atoms with E-state index < -0.39 is 0 Å². The smallest absolute Gasteiger partial charge is 0.229 e. The van der Waals surface area contributed by atoms with E-state index in [0.29, 0.717) is 5.69 Å². The Bertz CT molecular complexity index is 1070. The third-order valence-corrected chi connectivity index (χ3v) is 5.06. The van der Waals surface area contributed by atoms with Gasteiger partial charge in [0.2, 0.25) is 17.7 Å². The first-order valence-electron chi connectivity index (χ1n) is 9.39. The van der Waals surface area contributed by atoms with Gasteiger partial charge < -0.3 is 15.0 Å². The molecule has 0 radical (unpaired) electrons. The molecule has 4 rings (SSSR count). The van der Waals surface area contributed by atoms with Gasteiger partial charge in [-0.3, -0.25) is 19.3 Å². The quantitative estimate of drug-likeness (QED) is 0.632. The number of fused-ring (bicyclic) bond motifs is 1. The molecule has 2 heterocycles. The number of nitrogens with zero attached hydrogens (tertiary/aromatic N) is 1. The molecule has 0 atom stereocenters. The molecule has 0 spiro atoms. The van der Waals surface area contributed by atoms with E-state index in [1.807, 2.05) is 36.5 Å². The number of carbonyl (C=O) groups is 3. The number of amides is 3. The average molecular weight is 391 g/mol. The largest absolute Gasteiger partial charge is 0.497 e. The van der Waals surface area contributed by atoms with Crippen molar-refractivity contribution in [3.63, 3.8) is 0 Å². The fourth-order valence-electron chi connectivity index (χ4n) is 3.48. The molecule has 0 aliphatic carbocycles. The summed E-state index contributed by atoms with van der Waals surface area (Å²) in [7, 11) is 1.61. The molecule has 1 aliphatic heterocycles. The van der Waals surface area contributed by atoms with E-state index in [-0.39, 0.29) is 43.5 Å². The van der Waals surface area contributed by atoms with Gasteiger partial charge in [0.25, 0.3) is 0 Å². The Labute approximate surface area is 167 Å². The van der Waals surface area contributed by atoms with Crippen LogP contribution >= 0.6 is 0 Å². The highest BCUT2D eigenvalue weighted by Gasteiger charge is 2.28. The third-order valence-electron chi connectivity index (χ3n) is 5.06. The average Bonchev–Trinajstić information content (AvgIpc) is 3.26. The van der Waals surface area contributed by atoms with Crippen molar-refractivity contribution in [1.29, 1.82) is 0 Å². The first kappa shape index (κ1) is 18.7. The number of benzene rings is 2. The predicted molar refractivity (Wildman–Crippen MR) is 108 cm³/mol. The molecule has 7 nitrogen and oxygen atoms in total. The number of ether oxygens (including phenoxy) is 1. The molecule has 1 aliphatic rings. The molecular formula is C22H21N3O4. The zero-order valence-corrected chi connectivity index (χ0v) is 16.0. The Balaban J connectivity index is 1.40. The summed E-state index contributed by atoms with van der Waals surface area (Å²) in [6.45, 7) is 0.267. The number of hydrogen-bond donors (Lipinski definition) is 2. The molecule has 3 amide bonds. The maximum atomic E-state index is 12.5. The summed E-state index contributed by atoms with van der Waals surface area (Å²) in [5, 5.41) is 3.83. The van der Waals surface area contributed by atoms with E-state index in [1.165, 1.54) is 4.90 Å². The zero-order chi connectivity index (χ0) is 20.4. The van der Waals surface area contributed by atoms with Crippen molar-refractivity contribution in [1.82, 2.24) is 9.88 Å². The van der Waals surface area contributed by atoms with Crippen molar-refractivity contribution in [2.45, 2.75) is 25.8 Å². The fraction of sp³-hybridized carbons (Fsp3) is 0.227. The van der Waals surface area contributed by atoms with E-state index >= 15 is 0 Å². The molecule has 0 saturated carbocycles. The van der Waals surface area contributed by atoms with Crippen LogP contribution in [0.25, 0.3) is 10.9 Å². The number of aromatic amines is 1. The van der Waals surface area contributed by atoms with Crippen molar-refractivity contribution in [2.75, 3.05) is 12.4 Å². The number of imide groups is 1. The number of aromatic nitrogens is 1. The number of nitrogens with one attached hydrogen (secondary N) is 2. The van der Waals surface area contributed by atoms with Crippen LogP contribution in [-0.4, -0.2) is 34.7 Å². The summed E-state index contributed by atoms with van der Waals surface area (Å²) in [6.07, 6.45) is 2.63. The molecule has 148 valence electrons. The topological polar surface area (TPSA) is 91.5 Å². The van der Waals surface area contributed by atoms with Gasteiger partial charge in [-0.05, 0) is 41.5 Å². The van der Waals surface area contributed by atoms with Crippen LogP contribution in [-0.2, 0) is 27.3 Å². The van der Waals surface area contributed by atoms with Crippen molar-refractivity contribution in [3.05, 3.63) is 59.8 Å². The second kappa shape index (κ2) is 7.79. The standard InChI is InChI=1S/C22H21N3O4/c1-29-17-6-7-19-18(11-17)15(12-23-19)10-20(26)24-16-4-2-14(3-5-16)13-25-21(27)8-9-22(25)28/h2-7,11-12,23H,8-10,13H2,1H3,(H,24,26). The molecule has 3 aromatic rings. The van der Waals surface area contributed by atoms with Crippen LogP contribution in [0.3, 0.4) is 0 Å². The molecule has 0 unspecified atom stereocenters. The van der Waals surface area contributed by atoms with Gasteiger partial charge >= 0.3 is 0 Å². The van der Waals surface area contributed by atoms with E-state index in [0.717, 1.165) is 27.8 Å². The Morgan fingerprint density at radius 1 is 1.10 bits per heavy atom. The van der Waals surface area contributed by atoms with Gasteiger partial charge in [0.1, 0.15) is 5.75 Å². The summed E-state index contributed by atoms with van der Waals surface area (Å²) in [6, 6.07) is 12.9. The van der Waals surface area contributed by atoms with Crippen molar-refractivity contribution in [2.24, 2.45) is 0 Å². The molecular weight excluding hydrogens is 370 g/mol. The van der Waals surface area contributed by atoms with Crippen molar-refractivity contribution in [3.8, 4) is 5.75 Å². The normalized spacial score (nSPS) is 13.9. The lowest BCUT2D eigenvalue weighted by molar-refractivity contribution is -0.139. The number of H-pyrrole nitrogens is 1. The van der Waals surface area contributed by atoms with Crippen LogP contribution in [0, 0.1) is 0 Å². The number of methoxy groups -OCH3 is 1. The van der Waals surface area contributed by atoms with Gasteiger partial charge in [-0.25, -0.2) is 0 Å². The van der Waals surface area contributed by atoms with Crippen LogP contribution in [0.15, 0.2) is 48.7 Å². The number of anilines is 1. The molecule has 1 saturated heterocycles. The van der Waals surface area contributed by atoms with Crippen LogP contribution in [0.1, 0.15) is 24.0 Å². The highest BCUT2D eigenvalue weighted by atomic mass is 16.5. The summed E-state index contributed by atoms with van der Waals surface area (Å²) < 4.78 is 5.26. The van der Waals surface area contributed by atoms with Crippen LogP contribution in [0.4, 0.5) is 5.69 Å². The first-order chi connectivity index (χ1) is 14.0. The first-order valence-corrected chi connectivity index (χ1v) is 9.39. The van der Waals surface area contributed by atoms with Gasteiger partial charge in [-0.1, -0.05) is 12.1 Å². The Kier molecular flexibility index (Phi) is 5.03. The zero-order valence-electron chi connectivity index (χ0n) is 16.0. The monoisotopic (exact) mass is 391 g/mol. The SMILES string of the molecule is COc1ccc2[nH]cc(CC(=O)Nc3ccc(CN4C(=O)CCC4=O)cc3)c2c1. The number of likely N-dealkylation sites (tertiary alicyclic amines) is 1. The maximum Gasteiger partial charge on any atom is 0.229 e. The van der Waals surface area contributed by atoms with Gasteiger partial charge in [0.05, 0.1) is 20.1 Å². The van der Waals surface area contributed by atoms with Gasteiger partial charge in [0, 0.05) is 35.6 Å². The number of carbonyl (C=O) groups excluding carboxylic acids is 3. The third kappa shape index (κ3) is 3.99. The van der Waals surface area contributed by atoms with Crippen molar-refractivity contribution < 1.29 is 19.1 Å². The maximum absolute atomic E-state index is 12.5. The second-order valence-corrected chi connectivity index (χ2v) is 7.02. The van der Waals surface area contributed by atoms with Crippen LogP contribution in [0.2, 0.25) is 0 Å².